The lowest BCUT2D eigenvalue weighted by molar-refractivity contribution is -0.151. The number of amidine groups is 1. The van der Waals surface area contributed by atoms with Crippen molar-refractivity contribution in [3.05, 3.63) is 46.1 Å². The maximum absolute atomic E-state index is 13.6. The Bertz CT molecular complexity index is 1290. The first-order valence-electron chi connectivity index (χ1n) is 13.8. The molecule has 0 saturated carbocycles. The summed E-state index contributed by atoms with van der Waals surface area (Å²) in [4.78, 5) is 47.7. The first-order chi connectivity index (χ1) is 19.5. The van der Waals surface area contributed by atoms with E-state index in [1.54, 1.807) is 39.0 Å². The number of allylic oxidation sites excluding steroid dienone is 1. The quantitative estimate of drug-likeness (QED) is 0.397. The summed E-state index contributed by atoms with van der Waals surface area (Å²) in [5, 5.41) is 2.60. The Balaban J connectivity index is 1.63. The van der Waals surface area contributed by atoms with Gasteiger partial charge in [-0.15, -0.1) is 0 Å². The Kier molecular flexibility index (Phi) is 9.36. The Morgan fingerprint density at radius 3 is 2.37 bits per heavy atom. The number of methoxy groups -OCH3 is 2. The molecule has 0 bridgehead atoms. The fourth-order valence-corrected chi connectivity index (χ4v) is 6.16. The molecule has 3 aliphatic heterocycles. The van der Waals surface area contributed by atoms with Crippen LogP contribution >= 0.6 is 11.8 Å². The molecule has 1 atom stereocenters. The van der Waals surface area contributed by atoms with Crippen molar-refractivity contribution in [1.29, 1.82) is 0 Å². The lowest BCUT2D eigenvalue weighted by Crippen LogP contribution is -2.42. The third kappa shape index (κ3) is 6.72. The van der Waals surface area contributed by atoms with Crippen LogP contribution in [0.15, 0.2) is 45.6 Å². The number of likely N-dealkylation sites (tertiary alicyclic amines) is 1. The molecule has 4 rings (SSSR count). The summed E-state index contributed by atoms with van der Waals surface area (Å²) in [5.74, 6) is 0.192. The molecule has 0 N–H and O–H groups in total. The van der Waals surface area contributed by atoms with Crippen molar-refractivity contribution in [2.45, 2.75) is 65.5 Å². The number of aliphatic imine (C=N–C) groups is 1. The molecule has 0 spiro atoms. The van der Waals surface area contributed by atoms with E-state index < -0.39 is 17.6 Å². The molecule has 3 aliphatic rings. The summed E-state index contributed by atoms with van der Waals surface area (Å²) in [7, 11) is 3.13. The van der Waals surface area contributed by atoms with E-state index in [0.29, 0.717) is 60.5 Å². The Morgan fingerprint density at radius 1 is 1.07 bits per heavy atom. The predicted octanol–water partition coefficient (Wildman–Crippen LogP) is 4.81. The van der Waals surface area contributed by atoms with Crippen LogP contribution in [0.4, 0.5) is 0 Å². The van der Waals surface area contributed by atoms with Gasteiger partial charge in [0.15, 0.2) is 16.7 Å². The summed E-state index contributed by atoms with van der Waals surface area (Å²) in [6, 6.07) is 4.93. The largest absolute Gasteiger partial charge is 0.493 e. The van der Waals surface area contributed by atoms with Gasteiger partial charge in [0.2, 0.25) is 5.91 Å². The number of carbonyl (C=O) groups is 3. The van der Waals surface area contributed by atoms with Crippen LogP contribution in [0.2, 0.25) is 0 Å². The van der Waals surface area contributed by atoms with Crippen molar-refractivity contribution in [3.8, 4) is 11.5 Å². The van der Waals surface area contributed by atoms with Gasteiger partial charge in [-0.25, -0.2) is 9.79 Å². The smallest absolute Gasteiger partial charge is 0.338 e. The van der Waals surface area contributed by atoms with E-state index in [2.05, 4.69) is 0 Å². The van der Waals surface area contributed by atoms with Crippen LogP contribution in [0.5, 0.6) is 11.5 Å². The summed E-state index contributed by atoms with van der Waals surface area (Å²) in [6.07, 6.45) is 1.28. The van der Waals surface area contributed by atoms with Crippen LogP contribution in [0.25, 0.3) is 0 Å². The number of nitrogens with zero attached hydrogens (tertiary/aromatic N) is 3. The maximum atomic E-state index is 13.6. The van der Waals surface area contributed by atoms with E-state index in [-0.39, 0.29) is 24.2 Å². The number of rotatable bonds is 8. The highest BCUT2D eigenvalue weighted by Gasteiger charge is 2.42. The minimum Gasteiger partial charge on any atom is -0.493 e. The SMILES string of the molecule is CCOC(=O)C1CCN(C(=O)CC2=CSC3=NC(C)=C(C(=O)OC(C)(C)C)C(c4ccc(OC)c(OC)c4)N23)CC1. The molecule has 1 aromatic rings. The van der Waals surface area contributed by atoms with Crippen LogP contribution in [0, 0.1) is 5.92 Å². The van der Waals surface area contributed by atoms with E-state index in [9.17, 15) is 14.4 Å². The Hall–Kier alpha value is -3.47. The van der Waals surface area contributed by atoms with Gasteiger partial charge in [0.1, 0.15) is 5.60 Å². The van der Waals surface area contributed by atoms with Gasteiger partial charge in [-0.2, -0.15) is 0 Å². The topological polar surface area (TPSA) is 107 Å². The number of hydrogen-bond acceptors (Lipinski definition) is 10. The Labute approximate surface area is 245 Å². The van der Waals surface area contributed by atoms with Crippen LogP contribution in [-0.4, -0.2) is 72.3 Å². The van der Waals surface area contributed by atoms with Gasteiger partial charge in [-0.3, -0.25) is 9.59 Å². The van der Waals surface area contributed by atoms with Crippen molar-refractivity contribution >= 4 is 34.8 Å². The van der Waals surface area contributed by atoms with E-state index >= 15 is 0 Å². The number of thioether (sulfide) groups is 1. The Morgan fingerprint density at radius 2 is 1.76 bits per heavy atom. The van der Waals surface area contributed by atoms with Crippen LogP contribution in [0.1, 0.15) is 65.5 Å². The zero-order valence-electron chi connectivity index (χ0n) is 24.8. The highest BCUT2D eigenvalue weighted by atomic mass is 32.2. The zero-order valence-corrected chi connectivity index (χ0v) is 25.6. The normalized spacial score (nSPS) is 19.3. The number of carbonyl (C=O) groups excluding carboxylic acids is 3. The average Bonchev–Trinajstić information content (AvgIpc) is 3.32. The molecule has 11 heteroatoms. The molecule has 1 aromatic carbocycles. The number of esters is 2. The molecule has 0 aromatic heterocycles. The van der Waals surface area contributed by atoms with Crippen molar-refractivity contribution in [1.82, 2.24) is 9.80 Å². The van der Waals surface area contributed by atoms with Crippen LogP contribution in [-0.2, 0) is 23.9 Å². The number of fused-ring (bicyclic) bond motifs is 1. The third-order valence-electron chi connectivity index (χ3n) is 7.14. The van der Waals surface area contributed by atoms with Gasteiger partial charge >= 0.3 is 11.9 Å². The average molecular weight is 586 g/mol. The van der Waals surface area contributed by atoms with E-state index in [4.69, 9.17) is 23.9 Å². The molecule has 41 heavy (non-hydrogen) atoms. The second kappa shape index (κ2) is 12.6. The van der Waals surface area contributed by atoms with Crippen LogP contribution in [0.3, 0.4) is 0 Å². The summed E-state index contributed by atoms with van der Waals surface area (Å²) in [6.45, 7) is 10.4. The van der Waals surface area contributed by atoms with E-state index in [1.807, 2.05) is 43.2 Å². The standard InChI is InChI=1S/C30H39N3O7S/c1-8-39-27(35)19-11-13-32(14-12-19)24(34)16-21-17-41-29-31-18(2)25(28(36)40-30(3,4)5)26(33(21)29)20-9-10-22(37-6)23(15-20)38-7/h9-10,15,17,19,26H,8,11-14,16H2,1-7H3. The molecule has 10 nitrogen and oxygen atoms in total. The summed E-state index contributed by atoms with van der Waals surface area (Å²) >= 11 is 1.42. The maximum Gasteiger partial charge on any atom is 0.338 e. The second-order valence-corrected chi connectivity index (χ2v) is 11.9. The van der Waals surface area contributed by atoms with Crippen molar-refractivity contribution in [3.63, 3.8) is 0 Å². The van der Waals surface area contributed by atoms with E-state index in [0.717, 1.165) is 11.3 Å². The first-order valence-corrected chi connectivity index (χ1v) is 14.7. The minimum absolute atomic E-state index is 0.0448. The van der Waals surface area contributed by atoms with Crippen molar-refractivity contribution in [2.24, 2.45) is 10.9 Å². The molecular formula is C30H39N3O7S. The van der Waals surface area contributed by atoms with Crippen LogP contribution < -0.4 is 9.47 Å². The number of hydrogen-bond donors (Lipinski definition) is 0. The van der Waals surface area contributed by atoms with Gasteiger partial charge in [0, 0.05) is 18.8 Å². The van der Waals surface area contributed by atoms with Gasteiger partial charge in [-0.05, 0) is 70.6 Å². The fraction of sp³-hybridized carbons (Fsp3) is 0.533. The molecular weight excluding hydrogens is 546 g/mol. The summed E-state index contributed by atoms with van der Waals surface area (Å²) < 4.78 is 22.0. The minimum atomic E-state index is -0.708. The lowest BCUT2D eigenvalue weighted by atomic mass is 9.93. The van der Waals surface area contributed by atoms with Gasteiger partial charge in [0.05, 0.1) is 50.5 Å². The number of benzene rings is 1. The fourth-order valence-electron chi connectivity index (χ4n) is 5.19. The highest BCUT2D eigenvalue weighted by Crippen LogP contribution is 2.46. The highest BCUT2D eigenvalue weighted by molar-refractivity contribution is 8.16. The molecule has 1 saturated heterocycles. The van der Waals surface area contributed by atoms with Crippen molar-refractivity contribution < 1.29 is 33.3 Å². The second-order valence-electron chi connectivity index (χ2n) is 11.1. The van der Waals surface area contributed by atoms with Gasteiger partial charge in [0.25, 0.3) is 0 Å². The molecule has 1 amide bonds. The van der Waals surface area contributed by atoms with Crippen molar-refractivity contribution in [2.75, 3.05) is 33.9 Å². The third-order valence-corrected chi connectivity index (χ3v) is 8.03. The lowest BCUT2D eigenvalue weighted by Gasteiger charge is -2.38. The molecule has 1 unspecified atom stereocenters. The number of amides is 1. The van der Waals surface area contributed by atoms with Gasteiger partial charge in [-0.1, -0.05) is 17.8 Å². The molecule has 0 radical (unpaired) electrons. The first kappa shape index (κ1) is 30.5. The number of piperidine rings is 1. The number of ether oxygens (including phenoxy) is 4. The zero-order chi connectivity index (χ0) is 29.9. The summed E-state index contributed by atoms with van der Waals surface area (Å²) in [5.41, 5.74) is 1.75. The molecule has 1 fully saturated rings. The van der Waals surface area contributed by atoms with Gasteiger partial charge < -0.3 is 28.7 Å². The molecule has 0 aliphatic carbocycles. The molecule has 222 valence electrons. The van der Waals surface area contributed by atoms with E-state index in [1.165, 1.54) is 11.8 Å². The molecule has 3 heterocycles. The monoisotopic (exact) mass is 585 g/mol. The predicted molar refractivity (Wildman–Crippen MR) is 156 cm³/mol.